The third-order valence-electron chi connectivity index (χ3n) is 6.82. The molecule has 0 aliphatic carbocycles. The molecule has 0 unspecified atom stereocenters. The van der Waals surface area contributed by atoms with Crippen LogP contribution in [0.2, 0.25) is 0 Å². The van der Waals surface area contributed by atoms with Gasteiger partial charge in [-0.05, 0) is 69.2 Å². The number of halogens is 1. The van der Waals surface area contributed by atoms with Crippen LogP contribution in [0.1, 0.15) is 0 Å². The molecule has 6 aromatic carbocycles. The van der Waals surface area contributed by atoms with Crippen LogP contribution in [0.4, 0.5) is 17.1 Å². The molecule has 0 saturated carbocycles. The van der Waals surface area contributed by atoms with E-state index in [4.69, 9.17) is 0 Å². The number of benzene rings is 6. The maximum absolute atomic E-state index is 3.56. The summed E-state index contributed by atoms with van der Waals surface area (Å²) in [5.74, 6) is 0. The Balaban J connectivity index is 1.53. The lowest BCUT2D eigenvalue weighted by Gasteiger charge is -2.34. The van der Waals surface area contributed by atoms with E-state index in [1.807, 2.05) is 0 Å². The molecule has 1 aliphatic rings. The Labute approximate surface area is 207 Å². The van der Waals surface area contributed by atoms with E-state index in [0.717, 1.165) is 4.47 Å². The Kier molecular flexibility index (Phi) is 4.36. The highest BCUT2D eigenvalue weighted by Crippen LogP contribution is 2.51. The molecule has 34 heavy (non-hydrogen) atoms. The molecule has 0 fully saturated rings. The van der Waals surface area contributed by atoms with Crippen LogP contribution in [0, 0.1) is 0 Å². The zero-order valence-corrected chi connectivity index (χ0v) is 20.0. The zero-order valence-electron chi connectivity index (χ0n) is 18.4. The van der Waals surface area contributed by atoms with Crippen molar-refractivity contribution < 1.29 is 0 Å². The topological polar surface area (TPSA) is 3.24 Å². The molecule has 2 heteroatoms. The van der Waals surface area contributed by atoms with E-state index in [0.29, 0.717) is 0 Å². The third kappa shape index (κ3) is 2.99. The van der Waals surface area contributed by atoms with E-state index in [9.17, 15) is 0 Å². The summed E-state index contributed by atoms with van der Waals surface area (Å²) in [5, 5.41) is 5.08. The SMILES string of the molecule is Brc1ccc(-c2ccc3c(c2)N(c2ccc4ccccc4c2)c2cccc4cccc-3c24)cc1. The Morgan fingerprint density at radius 1 is 0.471 bits per heavy atom. The van der Waals surface area contributed by atoms with Crippen LogP contribution in [0.25, 0.3) is 43.8 Å². The van der Waals surface area contributed by atoms with Crippen molar-refractivity contribution in [3.8, 4) is 22.3 Å². The summed E-state index contributed by atoms with van der Waals surface area (Å²) in [6.07, 6.45) is 0. The number of nitrogens with zero attached hydrogens (tertiary/aromatic N) is 1. The van der Waals surface area contributed by atoms with E-state index in [1.54, 1.807) is 0 Å². The minimum absolute atomic E-state index is 1.09. The maximum Gasteiger partial charge on any atom is 0.0546 e. The maximum atomic E-state index is 3.56. The second kappa shape index (κ2) is 7.58. The van der Waals surface area contributed by atoms with Gasteiger partial charge in [0.05, 0.1) is 11.4 Å². The molecule has 1 nitrogen and oxygen atoms in total. The normalized spacial score (nSPS) is 12.2. The number of anilines is 3. The fraction of sp³-hybridized carbons (Fsp3) is 0. The summed E-state index contributed by atoms with van der Waals surface area (Å²) < 4.78 is 1.09. The minimum Gasteiger partial charge on any atom is -0.309 e. The Hall–Kier alpha value is -3.88. The summed E-state index contributed by atoms with van der Waals surface area (Å²) in [6.45, 7) is 0. The molecule has 6 aromatic rings. The van der Waals surface area contributed by atoms with Crippen LogP contribution in [0.3, 0.4) is 0 Å². The monoisotopic (exact) mass is 497 g/mol. The molecule has 0 spiro atoms. The van der Waals surface area contributed by atoms with Gasteiger partial charge in [0.2, 0.25) is 0 Å². The predicted octanol–water partition coefficient (Wildman–Crippen LogP) is 9.87. The van der Waals surface area contributed by atoms with Gasteiger partial charge in [0, 0.05) is 21.1 Å². The smallest absolute Gasteiger partial charge is 0.0546 e. The third-order valence-corrected chi connectivity index (χ3v) is 7.35. The quantitative estimate of drug-likeness (QED) is 0.229. The average Bonchev–Trinajstić information content (AvgIpc) is 2.89. The van der Waals surface area contributed by atoms with Gasteiger partial charge in [-0.25, -0.2) is 0 Å². The fourth-order valence-corrected chi connectivity index (χ4v) is 5.49. The van der Waals surface area contributed by atoms with Crippen LogP contribution in [0.5, 0.6) is 0 Å². The van der Waals surface area contributed by atoms with Crippen molar-refractivity contribution in [3.63, 3.8) is 0 Å². The van der Waals surface area contributed by atoms with Crippen molar-refractivity contribution in [3.05, 3.63) is 126 Å². The van der Waals surface area contributed by atoms with Crippen molar-refractivity contribution in [1.29, 1.82) is 0 Å². The van der Waals surface area contributed by atoms with Crippen molar-refractivity contribution in [2.45, 2.75) is 0 Å². The summed E-state index contributed by atoms with van der Waals surface area (Å²) in [5.41, 5.74) is 8.59. The Morgan fingerprint density at radius 2 is 1.21 bits per heavy atom. The highest BCUT2D eigenvalue weighted by Gasteiger charge is 2.26. The largest absolute Gasteiger partial charge is 0.309 e. The van der Waals surface area contributed by atoms with E-state index in [1.165, 1.54) is 60.9 Å². The van der Waals surface area contributed by atoms with Crippen molar-refractivity contribution in [2.24, 2.45) is 0 Å². The predicted molar refractivity (Wildman–Crippen MR) is 148 cm³/mol. The van der Waals surface area contributed by atoms with Gasteiger partial charge in [-0.15, -0.1) is 0 Å². The second-order valence-electron chi connectivity index (χ2n) is 8.79. The molecule has 0 N–H and O–H groups in total. The molecule has 0 saturated heterocycles. The molecule has 0 atom stereocenters. The van der Waals surface area contributed by atoms with Crippen molar-refractivity contribution in [1.82, 2.24) is 0 Å². The zero-order chi connectivity index (χ0) is 22.6. The van der Waals surface area contributed by atoms with Gasteiger partial charge < -0.3 is 4.90 Å². The first-order valence-corrected chi connectivity index (χ1v) is 12.3. The number of hydrogen-bond acceptors (Lipinski definition) is 1. The van der Waals surface area contributed by atoms with Gasteiger partial charge >= 0.3 is 0 Å². The van der Waals surface area contributed by atoms with Gasteiger partial charge in [0.1, 0.15) is 0 Å². The minimum atomic E-state index is 1.09. The lowest BCUT2D eigenvalue weighted by molar-refractivity contribution is 1.29. The van der Waals surface area contributed by atoms with E-state index in [-0.39, 0.29) is 0 Å². The summed E-state index contributed by atoms with van der Waals surface area (Å²) >= 11 is 3.56. The first kappa shape index (κ1) is 19.6. The lowest BCUT2D eigenvalue weighted by atomic mass is 9.89. The van der Waals surface area contributed by atoms with Crippen LogP contribution < -0.4 is 4.90 Å². The molecule has 0 bridgehead atoms. The number of fused-ring (bicyclic) bond motifs is 3. The van der Waals surface area contributed by atoms with Crippen LogP contribution >= 0.6 is 15.9 Å². The first-order chi connectivity index (χ1) is 16.8. The summed E-state index contributed by atoms with van der Waals surface area (Å²) in [6, 6.07) is 44.0. The highest BCUT2D eigenvalue weighted by atomic mass is 79.9. The van der Waals surface area contributed by atoms with Gasteiger partial charge in [0.15, 0.2) is 0 Å². The van der Waals surface area contributed by atoms with E-state index in [2.05, 4.69) is 142 Å². The van der Waals surface area contributed by atoms with Crippen molar-refractivity contribution in [2.75, 3.05) is 4.90 Å². The molecule has 0 amide bonds. The molecular formula is C32H20BrN. The highest BCUT2D eigenvalue weighted by molar-refractivity contribution is 9.10. The molecule has 1 heterocycles. The Bertz CT molecular complexity index is 1710. The van der Waals surface area contributed by atoms with Gasteiger partial charge in [0.25, 0.3) is 0 Å². The van der Waals surface area contributed by atoms with Gasteiger partial charge in [-0.3, -0.25) is 0 Å². The molecule has 7 rings (SSSR count). The summed E-state index contributed by atoms with van der Waals surface area (Å²) in [4.78, 5) is 2.43. The van der Waals surface area contributed by atoms with Crippen LogP contribution in [-0.2, 0) is 0 Å². The average molecular weight is 498 g/mol. The standard InChI is InChI=1S/C32H20BrN/c33-26-15-11-22(12-16-26)25-14-18-28-29-9-3-7-23-8-4-10-30(32(23)29)34(31(28)20-25)27-17-13-21-5-1-2-6-24(21)19-27/h1-20H. The molecule has 160 valence electrons. The molecular weight excluding hydrogens is 478 g/mol. The molecule has 1 aliphatic heterocycles. The molecule has 0 radical (unpaired) electrons. The number of hydrogen-bond donors (Lipinski definition) is 0. The first-order valence-electron chi connectivity index (χ1n) is 11.5. The lowest BCUT2D eigenvalue weighted by Crippen LogP contribution is -2.15. The molecule has 0 aromatic heterocycles. The Morgan fingerprint density at radius 3 is 2.06 bits per heavy atom. The van der Waals surface area contributed by atoms with Gasteiger partial charge in [-0.1, -0.05) is 101 Å². The van der Waals surface area contributed by atoms with Gasteiger partial charge in [-0.2, -0.15) is 0 Å². The number of rotatable bonds is 2. The van der Waals surface area contributed by atoms with Crippen molar-refractivity contribution >= 4 is 54.5 Å². The van der Waals surface area contributed by atoms with E-state index >= 15 is 0 Å². The van der Waals surface area contributed by atoms with Crippen LogP contribution in [-0.4, -0.2) is 0 Å². The van der Waals surface area contributed by atoms with Crippen LogP contribution in [0.15, 0.2) is 126 Å². The summed E-state index contributed by atoms with van der Waals surface area (Å²) in [7, 11) is 0. The van der Waals surface area contributed by atoms with E-state index < -0.39 is 0 Å². The second-order valence-corrected chi connectivity index (χ2v) is 9.70. The fourth-order valence-electron chi connectivity index (χ4n) is 5.22.